The van der Waals surface area contributed by atoms with Crippen LogP contribution in [0.3, 0.4) is 0 Å². The molecule has 0 aromatic carbocycles. The number of phosphoric ester groups is 2. The van der Waals surface area contributed by atoms with Gasteiger partial charge in [0.2, 0.25) is 0 Å². The maximum atomic E-state index is 12.9. The molecule has 4 unspecified atom stereocenters. The molecule has 0 aromatic heterocycles. The van der Waals surface area contributed by atoms with Crippen LogP contribution >= 0.6 is 15.6 Å². The fraction of sp³-hybridized carbons (Fsp3) is 0.932. The second-order valence-electron chi connectivity index (χ2n) is 17.2. The van der Waals surface area contributed by atoms with Gasteiger partial charge >= 0.3 is 27.6 Å². The summed E-state index contributed by atoms with van der Waals surface area (Å²) in [7, 11) is -10.6. The van der Waals surface area contributed by atoms with Crippen molar-refractivity contribution in [2.45, 2.75) is 249 Å². The monoisotopic (exact) mass is 947 g/mol. The van der Waals surface area contributed by atoms with Gasteiger partial charge in [-0.3, -0.25) is 28.0 Å². The molecule has 7 N–H and O–H groups in total. The number of carbonyl (C=O) groups excluding carboxylic acids is 3. The molecular weight excluding hydrogens is 862 g/mol. The lowest BCUT2D eigenvalue weighted by molar-refractivity contribution is -0.216. The SMILES string of the molecule is CCCCCCCCCCCCCCCC(=O)O[C@H](COC(=O)CCCCCCCCCCCCCCC(=O)CCC)COP(=O)(O)OC1C(O)[C@@H](O)C(OP(=O)(O)O)[C@@H](O)[C@H]1O. The molecule has 19 heteroatoms. The van der Waals surface area contributed by atoms with E-state index in [1.54, 1.807) is 0 Å². The van der Waals surface area contributed by atoms with Crippen LogP contribution in [-0.4, -0.2) is 109 Å². The Balaban J connectivity index is 2.54. The molecule has 1 aliphatic rings. The van der Waals surface area contributed by atoms with Crippen molar-refractivity contribution in [3.63, 3.8) is 0 Å². The quantitative estimate of drug-likeness (QED) is 0.0173. The van der Waals surface area contributed by atoms with Crippen molar-refractivity contribution in [3.05, 3.63) is 0 Å². The third kappa shape index (κ3) is 30.6. The molecule has 63 heavy (non-hydrogen) atoms. The average molecular weight is 947 g/mol. The first-order valence-electron chi connectivity index (χ1n) is 24.0. The van der Waals surface area contributed by atoms with Gasteiger partial charge in [0, 0.05) is 25.7 Å². The summed E-state index contributed by atoms with van der Waals surface area (Å²) < 4.78 is 49.1. The Labute approximate surface area is 376 Å². The summed E-state index contributed by atoms with van der Waals surface area (Å²) in [5.74, 6) is -0.836. The van der Waals surface area contributed by atoms with E-state index in [-0.39, 0.29) is 12.8 Å². The molecule has 1 rings (SSSR count). The second kappa shape index (κ2) is 35.8. The van der Waals surface area contributed by atoms with E-state index in [9.17, 15) is 48.8 Å². The molecule has 1 fully saturated rings. The summed E-state index contributed by atoms with van der Waals surface area (Å²) in [5, 5.41) is 41.4. The van der Waals surface area contributed by atoms with E-state index >= 15 is 0 Å². The smallest absolute Gasteiger partial charge is 0.462 e. The minimum atomic E-state index is -5.31. The van der Waals surface area contributed by atoms with E-state index in [0.29, 0.717) is 31.5 Å². The molecule has 0 spiro atoms. The summed E-state index contributed by atoms with van der Waals surface area (Å²) in [5.41, 5.74) is 0. The molecule has 17 nitrogen and oxygen atoms in total. The van der Waals surface area contributed by atoms with Crippen LogP contribution in [0.4, 0.5) is 0 Å². The van der Waals surface area contributed by atoms with Crippen molar-refractivity contribution in [1.29, 1.82) is 0 Å². The molecule has 0 amide bonds. The van der Waals surface area contributed by atoms with Crippen molar-refractivity contribution >= 4 is 33.4 Å². The maximum absolute atomic E-state index is 12.9. The number of ketones is 1. The summed E-state index contributed by atoms with van der Waals surface area (Å²) in [4.78, 5) is 65.6. The molecular formula is C44H84O17P2. The number of aliphatic hydroxyl groups is 4. The van der Waals surface area contributed by atoms with E-state index in [1.807, 2.05) is 6.92 Å². The number of phosphoric acid groups is 2. The Morgan fingerprint density at radius 1 is 0.460 bits per heavy atom. The van der Waals surface area contributed by atoms with E-state index in [4.69, 9.17) is 28.3 Å². The van der Waals surface area contributed by atoms with Gasteiger partial charge in [-0.1, -0.05) is 155 Å². The van der Waals surface area contributed by atoms with Gasteiger partial charge in [0.15, 0.2) is 6.10 Å². The van der Waals surface area contributed by atoms with E-state index in [2.05, 4.69) is 11.4 Å². The van der Waals surface area contributed by atoms with Crippen LogP contribution in [0.15, 0.2) is 0 Å². The predicted octanol–water partition coefficient (Wildman–Crippen LogP) is 8.19. The van der Waals surface area contributed by atoms with E-state index in [0.717, 1.165) is 77.0 Å². The fourth-order valence-corrected chi connectivity index (χ4v) is 9.16. The highest BCUT2D eigenvalue weighted by molar-refractivity contribution is 7.47. The van der Waals surface area contributed by atoms with Crippen molar-refractivity contribution in [2.24, 2.45) is 0 Å². The molecule has 372 valence electrons. The standard InChI is InChI=1S/C44H84O17P2/c1-3-5-6-7-8-9-10-11-16-19-22-25-28-32-38(47)59-36(34-58-63(55,56)61-44-41(50)39(48)43(40(49)42(44)51)60-62(52,53)54)33-57-37(46)31-27-24-21-18-15-13-12-14-17-20-23-26-30-35(45)29-4-2/h36,39-44,48-51H,3-34H2,1-2H3,(H,55,56)(H2,52,53,54)/t36-,39-,40+,41?,42-,43?,44?/m1/s1. The van der Waals surface area contributed by atoms with Gasteiger partial charge in [-0.15, -0.1) is 0 Å². The Morgan fingerprint density at radius 3 is 1.22 bits per heavy atom. The Hall–Kier alpha value is -1.33. The topological polar surface area (TPSA) is 273 Å². The van der Waals surface area contributed by atoms with Crippen LogP contribution in [0.2, 0.25) is 0 Å². The van der Waals surface area contributed by atoms with E-state index in [1.165, 1.54) is 77.0 Å². The molecule has 0 radical (unpaired) electrons. The maximum Gasteiger partial charge on any atom is 0.472 e. The molecule has 0 aliphatic heterocycles. The summed E-state index contributed by atoms with van der Waals surface area (Å²) in [6.45, 7) is 2.91. The number of ether oxygens (including phenoxy) is 2. The lowest BCUT2D eigenvalue weighted by Gasteiger charge is -2.43. The number of hydrogen-bond acceptors (Lipinski definition) is 14. The van der Waals surface area contributed by atoms with Gasteiger partial charge in [-0.2, -0.15) is 0 Å². The number of aliphatic hydroxyl groups excluding tert-OH is 4. The number of unbranched alkanes of at least 4 members (excludes halogenated alkanes) is 23. The Morgan fingerprint density at radius 2 is 0.825 bits per heavy atom. The first kappa shape index (κ1) is 59.7. The first-order chi connectivity index (χ1) is 30.0. The third-order valence-electron chi connectivity index (χ3n) is 11.3. The Kier molecular flexibility index (Phi) is 33.9. The molecule has 1 aliphatic carbocycles. The molecule has 0 aromatic rings. The lowest BCUT2D eigenvalue weighted by Crippen LogP contribution is -2.64. The van der Waals surface area contributed by atoms with Gasteiger partial charge in [-0.05, 0) is 25.7 Å². The summed E-state index contributed by atoms with van der Waals surface area (Å²) in [6.07, 6.45) is 14.8. The third-order valence-corrected chi connectivity index (χ3v) is 12.8. The molecule has 0 heterocycles. The van der Waals surface area contributed by atoms with Crippen LogP contribution in [-0.2, 0) is 46.6 Å². The zero-order valence-corrected chi connectivity index (χ0v) is 40.1. The van der Waals surface area contributed by atoms with Gasteiger partial charge in [0.1, 0.15) is 49.0 Å². The van der Waals surface area contributed by atoms with Crippen LogP contribution < -0.4 is 0 Å². The van der Waals surface area contributed by atoms with Gasteiger partial charge in [0.05, 0.1) is 6.61 Å². The normalized spacial score (nSPS) is 21.8. The van der Waals surface area contributed by atoms with Gasteiger partial charge in [0.25, 0.3) is 0 Å². The van der Waals surface area contributed by atoms with Crippen molar-refractivity contribution < 1.29 is 81.7 Å². The zero-order chi connectivity index (χ0) is 46.9. The highest BCUT2D eigenvalue weighted by Gasteiger charge is 2.54. The van der Waals surface area contributed by atoms with Crippen LogP contribution in [0.5, 0.6) is 0 Å². The Bertz CT molecular complexity index is 1280. The molecule has 1 saturated carbocycles. The first-order valence-corrected chi connectivity index (χ1v) is 27.0. The number of hydrogen-bond donors (Lipinski definition) is 7. The number of rotatable bonds is 41. The van der Waals surface area contributed by atoms with Gasteiger partial charge in [-0.25, -0.2) is 9.13 Å². The fourth-order valence-electron chi connectivity index (χ4n) is 7.62. The van der Waals surface area contributed by atoms with Gasteiger partial charge < -0.3 is 44.6 Å². The highest BCUT2D eigenvalue weighted by atomic mass is 31.2. The van der Waals surface area contributed by atoms with Crippen molar-refractivity contribution in [1.82, 2.24) is 0 Å². The predicted molar refractivity (Wildman–Crippen MR) is 237 cm³/mol. The highest BCUT2D eigenvalue weighted by Crippen LogP contribution is 2.48. The molecule has 0 bridgehead atoms. The number of esters is 2. The number of Topliss-reactive ketones (excluding diaryl/α,β-unsaturated/α-hetero) is 1. The van der Waals surface area contributed by atoms with Crippen LogP contribution in [0.25, 0.3) is 0 Å². The number of carbonyl (C=O) groups is 3. The van der Waals surface area contributed by atoms with Crippen LogP contribution in [0.1, 0.15) is 206 Å². The molecule has 0 saturated heterocycles. The zero-order valence-electron chi connectivity index (χ0n) is 38.3. The minimum absolute atomic E-state index is 0.0476. The lowest BCUT2D eigenvalue weighted by atomic mass is 9.85. The van der Waals surface area contributed by atoms with Crippen molar-refractivity contribution in [2.75, 3.05) is 13.2 Å². The summed E-state index contributed by atoms with van der Waals surface area (Å²) >= 11 is 0. The average Bonchev–Trinajstić information content (AvgIpc) is 3.23. The van der Waals surface area contributed by atoms with Crippen molar-refractivity contribution in [3.8, 4) is 0 Å². The second-order valence-corrected chi connectivity index (χ2v) is 19.8. The van der Waals surface area contributed by atoms with E-state index < -0.39 is 83.5 Å². The minimum Gasteiger partial charge on any atom is -0.462 e. The largest absolute Gasteiger partial charge is 0.472 e. The summed E-state index contributed by atoms with van der Waals surface area (Å²) in [6, 6.07) is 0. The van der Waals surface area contributed by atoms with Crippen LogP contribution in [0, 0.1) is 0 Å². The molecule has 8 atom stereocenters.